The maximum Gasteiger partial charge on any atom is 0.265 e. The highest BCUT2D eigenvalue weighted by atomic mass is 16.2. The van der Waals surface area contributed by atoms with Crippen LogP contribution in [0.25, 0.3) is 68.0 Å². The van der Waals surface area contributed by atoms with Gasteiger partial charge >= 0.3 is 0 Å². The van der Waals surface area contributed by atoms with E-state index >= 15 is 0 Å². The quantitative estimate of drug-likeness (QED) is 0.220. The summed E-state index contributed by atoms with van der Waals surface area (Å²) >= 11 is 0. The first kappa shape index (κ1) is 25.4. The largest absolute Gasteiger partial charge is 0.268 e. The molecule has 0 amide bonds. The average Bonchev–Trinajstić information content (AvgIpc) is 3.50. The van der Waals surface area contributed by atoms with Crippen LogP contribution >= 0.6 is 0 Å². The summed E-state index contributed by atoms with van der Waals surface area (Å²) < 4.78 is 1.89. The van der Waals surface area contributed by atoms with E-state index < -0.39 is 0 Å². The summed E-state index contributed by atoms with van der Waals surface area (Å²) in [5, 5.41) is 1.83. The lowest BCUT2D eigenvalue weighted by Crippen LogP contribution is -2.32. The zero-order valence-corrected chi connectivity index (χ0v) is 24.0. The molecule has 0 fully saturated rings. The molecule has 5 aromatic carbocycles. The van der Waals surface area contributed by atoms with Crippen molar-refractivity contribution in [3.05, 3.63) is 138 Å². The van der Waals surface area contributed by atoms with E-state index in [1.807, 2.05) is 22.8 Å². The Morgan fingerprint density at radius 1 is 0.535 bits per heavy atom. The third kappa shape index (κ3) is 4.04. The minimum atomic E-state index is -0.00854. The molecule has 3 heteroatoms. The van der Waals surface area contributed by atoms with Crippen LogP contribution < -0.4 is 10.7 Å². The molecule has 1 atom stereocenters. The number of imidazole rings is 1. The Labute approximate surface area is 251 Å². The molecule has 0 bridgehead atoms. The second-order valence-corrected chi connectivity index (χ2v) is 11.5. The Balaban J connectivity index is 1.63. The van der Waals surface area contributed by atoms with Crippen molar-refractivity contribution in [2.24, 2.45) is 5.92 Å². The Morgan fingerprint density at radius 2 is 0.930 bits per heavy atom. The number of benzene rings is 5. The number of hydrogen-bond acceptors (Lipinski definition) is 2. The molecule has 43 heavy (non-hydrogen) atoms. The van der Waals surface area contributed by atoms with Gasteiger partial charge < -0.3 is 0 Å². The molecule has 1 unspecified atom stereocenters. The SMILES string of the molecule is CC1CC=c2nc3n(c2=CC1)C(=O)c1c(-c2ccccc2)c(-c2ccccc2)c(-c2ccccc2)c(-c2ccccc2)c1-3. The standard InChI is InChI=1S/C40H30N2O/c1-26-22-24-31-32(25-23-26)42-39(41-31)37-35(29-18-10-4-11-19-29)33(27-14-6-2-7-15-27)34(28-16-8-3-9-17-28)36(38(37)40(42)43)30-20-12-5-13-21-30/h2-21,24-26H,22-23H2,1H3. The van der Waals surface area contributed by atoms with Crippen LogP contribution in [0.15, 0.2) is 121 Å². The van der Waals surface area contributed by atoms with Crippen molar-refractivity contribution in [2.45, 2.75) is 19.8 Å². The molecule has 1 aromatic heterocycles. The predicted octanol–water partition coefficient (Wildman–Crippen LogP) is 8.21. The smallest absolute Gasteiger partial charge is 0.265 e. The zero-order chi connectivity index (χ0) is 28.9. The molecule has 0 N–H and O–H groups in total. The molecule has 0 saturated carbocycles. The molecule has 6 aromatic rings. The Hall–Kier alpha value is -5.28. The summed E-state index contributed by atoms with van der Waals surface area (Å²) in [6, 6.07) is 42.0. The van der Waals surface area contributed by atoms with Gasteiger partial charge in [-0.05, 0) is 52.1 Å². The van der Waals surface area contributed by atoms with E-state index in [0.29, 0.717) is 5.92 Å². The van der Waals surface area contributed by atoms with Crippen LogP contribution in [-0.4, -0.2) is 15.5 Å². The van der Waals surface area contributed by atoms with E-state index in [2.05, 4.69) is 122 Å². The minimum Gasteiger partial charge on any atom is -0.268 e. The fourth-order valence-electron chi connectivity index (χ4n) is 6.76. The van der Waals surface area contributed by atoms with Gasteiger partial charge in [0.05, 0.1) is 16.3 Å². The zero-order valence-electron chi connectivity index (χ0n) is 24.0. The molecule has 2 aliphatic rings. The van der Waals surface area contributed by atoms with Crippen LogP contribution in [-0.2, 0) is 0 Å². The van der Waals surface area contributed by atoms with E-state index in [0.717, 1.165) is 85.0 Å². The molecule has 0 saturated heterocycles. The van der Waals surface area contributed by atoms with Crippen LogP contribution in [0.5, 0.6) is 0 Å². The molecule has 0 radical (unpaired) electrons. The number of carbonyl (C=O) groups is 1. The number of fused-ring (bicyclic) bond motifs is 5. The summed E-state index contributed by atoms with van der Waals surface area (Å²) in [4.78, 5) is 20.1. The highest BCUT2D eigenvalue weighted by molar-refractivity contribution is 6.22. The van der Waals surface area contributed by atoms with E-state index in [1.165, 1.54) is 0 Å². The van der Waals surface area contributed by atoms with Gasteiger partial charge in [-0.25, -0.2) is 4.98 Å². The molecule has 2 heterocycles. The lowest BCUT2D eigenvalue weighted by atomic mass is 9.77. The lowest BCUT2D eigenvalue weighted by molar-refractivity contribution is 0.0966. The fourth-order valence-corrected chi connectivity index (χ4v) is 6.76. The van der Waals surface area contributed by atoms with Gasteiger partial charge in [-0.2, -0.15) is 0 Å². The van der Waals surface area contributed by atoms with Crippen molar-refractivity contribution in [3.63, 3.8) is 0 Å². The predicted molar refractivity (Wildman–Crippen MR) is 176 cm³/mol. The van der Waals surface area contributed by atoms with Gasteiger partial charge in [0, 0.05) is 16.7 Å². The van der Waals surface area contributed by atoms with Gasteiger partial charge in [-0.1, -0.05) is 140 Å². The van der Waals surface area contributed by atoms with Gasteiger partial charge in [-0.3, -0.25) is 9.36 Å². The first-order valence-electron chi connectivity index (χ1n) is 15.0. The maximum atomic E-state index is 14.9. The highest BCUT2D eigenvalue weighted by Gasteiger charge is 2.39. The van der Waals surface area contributed by atoms with Gasteiger partial charge in [0.15, 0.2) is 0 Å². The number of hydrogen-bond donors (Lipinski definition) is 0. The van der Waals surface area contributed by atoms with E-state index in [9.17, 15) is 4.79 Å². The van der Waals surface area contributed by atoms with Gasteiger partial charge in [0.1, 0.15) is 5.82 Å². The van der Waals surface area contributed by atoms with Crippen LogP contribution in [0.3, 0.4) is 0 Å². The summed E-state index contributed by atoms with van der Waals surface area (Å²) in [5.74, 6) is 1.24. The van der Waals surface area contributed by atoms with Crippen LogP contribution in [0, 0.1) is 5.92 Å². The summed E-state index contributed by atoms with van der Waals surface area (Å²) in [7, 11) is 0. The third-order valence-corrected chi connectivity index (χ3v) is 8.76. The van der Waals surface area contributed by atoms with Crippen LogP contribution in [0.4, 0.5) is 0 Å². The van der Waals surface area contributed by atoms with Crippen molar-refractivity contribution in [2.75, 3.05) is 0 Å². The molecule has 206 valence electrons. The van der Waals surface area contributed by atoms with Crippen molar-refractivity contribution in [3.8, 4) is 55.9 Å². The van der Waals surface area contributed by atoms with Crippen LogP contribution in [0.2, 0.25) is 0 Å². The summed E-state index contributed by atoms with van der Waals surface area (Å²) in [5.41, 5.74) is 10.1. The number of carbonyl (C=O) groups excluding carboxylic acids is 1. The van der Waals surface area contributed by atoms with Crippen molar-refractivity contribution in [1.82, 2.24) is 9.55 Å². The average molecular weight is 555 g/mol. The first-order chi connectivity index (χ1) is 21.2. The lowest BCUT2D eigenvalue weighted by Gasteiger charge is -2.24. The minimum absolute atomic E-state index is 0.00854. The highest BCUT2D eigenvalue weighted by Crippen LogP contribution is 2.54. The first-order valence-corrected chi connectivity index (χ1v) is 15.0. The maximum absolute atomic E-state index is 14.9. The number of rotatable bonds is 4. The monoisotopic (exact) mass is 554 g/mol. The van der Waals surface area contributed by atoms with Crippen LogP contribution in [0.1, 0.15) is 30.1 Å². The fraction of sp³-hybridized carbons (Fsp3) is 0.100. The van der Waals surface area contributed by atoms with E-state index in [-0.39, 0.29) is 5.91 Å². The van der Waals surface area contributed by atoms with Gasteiger partial charge in [0.25, 0.3) is 5.91 Å². The molecular formula is C40H30N2O. The van der Waals surface area contributed by atoms with E-state index in [1.54, 1.807) is 0 Å². The Bertz CT molecular complexity index is 2130. The van der Waals surface area contributed by atoms with Gasteiger partial charge in [-0.15, -0.1) is 0 Å². The molecule has 1 aliphatic heterocycles. The molecule has 8 rings (SSSR count). The van der Waals surface area contributed by atoms with Crippen molar-refractivity contribution >= 4 is 18.1 Å². The van der Waals surface area contributed by atoms with Crippen molar-refractivity contribution < 1.29 is 4.79 Å². The Kier molecular flexibility index (Phi) is 6.04. The molecule has 1 aliphatic carbocycles. The molecule has 0 spiro atoms. The molecular weight excluding hydrogens is 524 g/mol. The van der Waals surface area contributed by atoms with Gasteiger partial charge in [0.2, 0.25) is 0 Å². The number of aromatic nitrogens is 2. The summed E-state index contributed by atoms with van der Waals surface area (Å²) in [6.07, 6.45) is 6.28. The normalized spacial score (nSPS) is 15.1. The number of nitrogens with zero attached hydrogens (tertiary/aromatic N) is 2. The second-order valence-electron chi connectivity index (χ2n) is 11.5. The second kappa shape index (κ2) is 10.2. The third-order valence-electron chi connectivity index (χ3n) is 8.76. The molecule has 3 nitrogen and oxygen atoms in total. The van der Waals surface area contributed by atoms with E-state index in [4.69, 9.17) is 4.98 Å². The Morgan fingerprint density at radius 3 is 1.40 bits per heavy atom. The topological polar surface area (TPSA) is 34.9 Å². The summed E-state index contributed by atoms with van der Waals surface area (Å²) in [6.45, 7) is 2.25. The van der Waals surface area contributed by atoms with Crippen molar-refractivity contribution in [1.29, 1.82) is 0 Å².